The van der Waals surface area contributed by atoms with Gasteiger partial charge in [0.25, 0.3) is 5.69 Å². The Hall–Kier alpha value is -2.97. The van der Waals surface area contributed by atoms with E-state index in [2.05, 4.69) is 4.72 Å². The molecule has 3 rings (SSSR count). The molecule has 1 N–H and O–H groups in total. The number of sulfonamides is 1. The monoisotopic (exact) mass is 372 g/mol. The molecule has 0 saturated carbocycles. The summed E-state index contributed by atoms with van der Waals surface area (Å²) in [4.78, 5) is 10.0. The van der Waals surface area contributed by atoms with Gasteiger partial charge in [0.1, 0.15) is 5.75 Å². The topological polar surface area (TPSA) is 98.5 Å². The number of fused-ring (bicyclic) bond motifs is 1. The van der Waals surface area contributed by atoms with Crippen molar-refractivity contribution in [2.45, 2.75) is 11.4 Å². The standard InChI is InChI=1S/C18H16N2O5S/c1-25-17-8-7-14-9-13(5-6-15(14)10-17)12-19-26(23,24)18-4-2-3-16(11-18)20(21)22/h2-11,19H,12H2,1H3. The average Bonchev–Trinajstić information content (AvgIpc) is 2.66. The molecule has 7 nitrogen and oxygen atoms in total. The van der Waals surface area contributed by atoms with Gasteiger partial charge in [0.05, 0.1) is 16.9 Å². The van der Waals surface area contributed by atoms with E-state index < -0.39 is 14.9 Å². The Bertz CT molecular complexity index is 1080. The van der Waals surface area contributed by atoms with Crippen molar-refractivity contribution in [2.24, 2.45) is 0 Å². The molecule has 26 heavy (non-hydrogen) atoms. The highest BCUT2D eigenvalue weighted by atomic mass is 32.2. The molecule has 0 fully saturated rings. The zero-order valence-corrected chi connectivity index (χ0v) is 14.7. The molecule has 0 amide bonds. The molecule has 0 aliphatic rings. The molecule has 0 atom stereocenters. The molecule has 0 radical (unpaired) electrons. The Labute approximate surface area is 150 Å². The van der Waals surface area contributed by atoms with Crippen LogP contribution in [0.15, 0.2) is 65.6 Å². The largest absolute Gasteiger partial charge is 0.497 e. The third-order valence-electron chi connectivity index (χ3n) is 3.92. The van der Waals surface area contributed by atoms with E-state index in [0.29, 0.717) is 0 Å². The first-order valence-corrected chi connectivity index (χ1v) is 9.18. The van der Waals surface area contributed by atoms with Crippen molar-refractivity contribution in [3.63, 3.8) is 0 Å². The van der Waals surface area contributed by atoms with Crippen LogP contribution in [0.4, 0.5) is 5.69 Å². The van der Waals surface area contributed by atoms with Crippen molar-refractivity contribution < 1.29 is 18.1 Å². The smallest absolute Gasteiger partial charge is 0.270 e. The molecule has 0 aromatic heterocycles. The Kier molecular flexibility index (Phi) is 4.88. The van der Waals surface area contributed by atoms with Gasteiger partial charge in [0.2, 0.25) is 10.0 Å². The van der Waals surface area contributed by atoms with Crippen LogP contribution in [0, 0.1) is 10.1 Å². The number of methoxy groups -OCH3 is 1. The van der Waals surface area contributed by atoms with E-state index in [4.69, 9.17) is 4.74 Å². The first kappa shape index (κ1) is 17.8. The summed E-state index contributed by atoms with van der Waals surface area (Å²) >= 11 is 0. The lowest BCUT2D eigenvalue weighted by Crippen LogP contribution is -2.23. The summed E-state index contributed by atoms with van der Waals surface area (Å²) in [5.74, 6) is 0.747. The van der Waals surface area contributed by atoms with Crippen molar-refractivity contribution >= 4 is 26.5 Å². The third-order valence-corrected chi connectivity index (χ3v) is 5.32. The van der Waals surface area contributed by atoms with Gasteiger partial charge in [-0.3, -0.25) is 10.1 Å². The van der Waals surface area contributed by atoms with E-state index >= 15 is 0 Å². The Morgan fingerprint density at radius 2 is 1.77 bits per heavy atom. The molecule has 0 spiro atoms. The maximum Gasteiger partial charge on any atom is 0.270 e. The van der Waals surface area contributed by atoms with Gasteiger partial charge in [-0.05, 0) is 40.6 Å². The molecule has 0 saturated heterocycles. The van der Waals surface area contributed by atoms with Crippen LogP contribution in [-0.4, -0.2) is 20.5 Å². The summed E-state index contributed by atoms with van der Waals surface area (Å²) in [6.07, 6.45) is 0. The SMILES string of the molecule is COc1ccc2cc(CNS(=O)(=O)c3cccc([N+](=O)[O-])c3)ccc2c1. The van der Waals surface area contributed by atoms with E-state index in [1.165, 1.54) is 18.2 Å². The van der Waals surface area contributed by atoms with Crippen LogP contribution >= 0.6 is 0 Å². The lowest BCUT2D eigenvalue weighted by molar-refractivity contribution is -0.385. The fourth-order valence-electron chi connectivity index (χ4n) is 2.54. The Morgan fingerprint density at radius 3 is 2.50 bits per heavy atom. The third kappa shape index (κ3) is 3.81. The number of rotatable bonds is 6. The zero-order chi connectivity index (χ0) is 18.7. The van der Waals surface area contributed by atoms with Gasteiger partial charge in [-0.1, -0.05) is 24.3 Å². The molecule has 0 aliphatic carbocycles. The van der Waals surface area contributed by atoms with Crippen molar-refractivity contribution in [3.8, 4) is 5.75 Å². The second kappa shape index (κ2) is 7.11. The van der Waals surface area contributed by atoms with Crippen LogP contribution in [0.25, 0.3) is 10.8 Å². The fourth-order valence-corrected chi connectivity index (χ4v) is 3.59. The highest BCUT2D eigenvalue weighted by Crippen LogP contribution is 2.22. The lowest BCUT2D eigenvalue weighted by atomic mass is 10.1. The maximum absolute atomic E-state index is 12.4. The van der Waals surface area contributed by atoms with E-state index in [0.717, 1.165) is 28.2 Å². The molecule has 0 unspecified atom stereocenters. The minimum absolute atomic E-state index is 0.0764. The maximum atomic E-state index is 12.4. The number of nitro benzene ring substituents is 1. The number of benzene rings is 3. The minimum Gasteiger partial charge on any atom is -0.497 e. The average molecular weight is 372 g/mol. The van der Waals surface area contributed by atoms with Gasteiger partial charge in [-0.15, -0.1) is 0 Å². The highest BCUT2D eigenvalue weighted by Gasteiger charge is 2.17. The van der Waals surface area contributed by atoms with E-state index in [9.17, 15) is 18.5 Å². The van der Waals surface area contributed by atoms with E-state index in [-0.39, 0.29) is 17.1 Å². The van der Waals surface area contributed by atoms with Crippen LogP contribution in [0.2, 0.25) is 0 Å². The first-order valence-electron chi connectivity index (χ1n) is 7.70. The first-order chi connectivity index (χ1) is 12.4. The van der Waals surface area contributed by atoms with Crippen LogP contribution in [0.3, 0.4) is 0 Å². The second-order valence-electron chi connectivity index (χ2n) is 5.63. The van der Waals surface area contributed by atoms with Crippen LogP contribution in [0.5, 0.6) is 5.75 Å². The number of nitrogens with zero attached hydrogens (tertiary/aromatic N) is 1. The number of non-ortho nitro benzene ring substituents is 1. The molecule has 8 heteroatoms. The molecular weight excluding hydrogens is 356 g/mol. The highest BCUT2D eigenvalue weighted by molar-refractivity contribution is 7.89. The van der Waals surface area contributed by atoms with Gasteiger partial charge in [-0.2, -0.15) is 0 Å². The molecule has 0 bridgehead atoms. The number of hydrogen-bond donors (Lipinski definition) is 1. The molecule has 134 valence electrons. The number of ether oxygens (including phenoxy) is 1. The van der Waals surface area contributed by atoms with Gasteiger partial charge >= 0.3 is 0 Å². The summed E-state index contributed by atoms with van der Waals surface area (Å²) in [6.45, 7) is 0.0764. The normalized spacial score (nSPS) is 11.4. The molecule has 0 heterocycles. The van der Waals surface area contributed by atoms with Gasteiger partial charge < -0.3 is 4.74 Å². The van der Waals surface area contributed by atoms with Crippen molar-refractivity contribution in [1.82, 2.24) is 4.72 Å². The predicted octanol–water partition coefficient (Wildman–Crippen LogP) is 3.24. The molecule has 0 aliphatic heterocycles. The van der Waals surface area contributed by atoms with Crippen molar-refractivity contribution in [1.29, 1.82) is 0 Å². The fraction of sp³-hybridized carbons (Fsp3) is 0.111. The van der Waals surface area contributed by atoms with E-state index in [1.807, 2.05) is 36.4 Å². The number of nitrogens with one attached hydrogen (secondary N) is 1. The lowest BCUT2D eigenvalue weighted by Gasteiger charge is -2.08. The summed E-state index contributed by atoms with van der Waals surface area (Å²) in [7, 11) is -2.26. The second-order valence-corrected chi connectivity index (χ2v) is 7.39. The summed E-state index contributed by atoms with van der Waals surface area (Å²) < 4.78 is 32.4. The number of hydrogen-bond acceptors (Lipinski definition) is 5. The minimum atomic E-state index is -3.85. The summed E-state index contributed by atoms with van der Waals surface area (Å²) in [5.41, 5.74) is 0.504. The molecule has 3 aromatic carbocycles. The van der Waals surface area contributed by atoms with Crippen molar-refractivity contribution in [3.05, 3.63) is 76.3 Å². The number of nitro groups is 1. The molecular formula is C18H16N2O5S. The summed E-state index contributed by atoms with van der Waals surface area (Å²) in [6, 6.07) is 16.2. The molecule has 3 aromatic rings. The zero-order valence-electron chi connectivity index (χ0n) is 13.9. The Morgan fingerprint density at radius 1 is 1.04 bits per heavy atom. The Balaban J connectivity index is 1.80. The van der Waals surface area contributed by atoms with Crippen LogP contribution < -0.4 is 9.46 Å². The quantitative estimate of drug-likeness (QED) is 0.529. The van der Waals surface area contributed by atoms with Crippen LogP contribution in [0.1, 0.15) is 5.56 Å². The van der Waals surface area contributed by atoms with E-state index in [1.54, 1.807) is 7.11 Å². The summed E-state index contributed by atoms with van der Waals surface area (Å²) in [5, 5.41) is 12.7. The van der Waals surface area contributed by atoms with Crippen LogP contribution in [-0.2, 0) is 16.6 Å². The van der Waals surface area contributed by atoms with Gasteiger partial charge in [-0.25, -0.2) is 13.1 Å². The van der Waals surface area contributed by atoms with Gasteiger partial charge in [0, 0.05) is 18.7 Å². The predicted molar refractivity (Wildman–Crippen MR) is 97.6 cm³/mol. The van der Waals surface area contributed by atoms with Gasteiger partial charge in [0.15, 0.2) is 0 Å². The van der Waals surface area contributed by atoms with Crippen molar-refractivity contribution in [2.75, 3.05) is 7.11 Å².